The van der Waals surface area contributed by atoms with Crippen molar-refractivity contribution in [3.05, 3.63) is 35.1 Å². The van der Waals surface area contributed by atoms with Gasteiger partial charge >= 0.3 is 0 Å². The summed E-state index contributed by atoms with van der Waals surface area (Å²) >= 11 is 0. The molecule has 76 valence electrons. The van der Waals surface area contributed by atoms with Gasteiger partial charge in [-0.1, -0.05) is 0 Å². The number of hydrogen-bond acceptors (Lipinski definition) is 1. The highest BCUT2D eigenvalue weighted by molar-refractivity contribution is 5.49. The number of hydrogen-bond donors (Lipinski definition) is 0. The zero-order chi connectivity index (χ0) is 10.6. The van der Waals surface area contributed by atoms with E-state index in [2.05, 4.69) is 0 Å². The molecule has 0 saturated carbocycles. The van der Waals surface area contributed by atoms with Crippen molar-refractivity contribution in [2.24, 2.45) is 0 Å². The van der Waals surface area contributed by atoms with Crippen LogP contribution >= 0.6 is 0 Å². The monoisotopic (exact) mass is 202 g/mol. The van der Waals surface area contributed by atoms with Gasteiger partial charge in [0, 0.05) is 12.0 Å². The second-order valence-corrected chi connectivity index (χ2v) is 2.88. The Morgan fingerprint density at radius 1 is 1.14 bits per heavy atom. The fourth-order valence-corrected chi connectivity index (χ4v) is 1.16. The first-order chi connectivity index (χ1) is 6.66. The molecule has 0 atom stereocenters. The van der Waals surface area contributed by atoms with E-state index in [9.17, 15) is 18.0 Å². The quantitative estimate of drug-likeness (QED) is 0.416. The summed E-state index contributed by atoms with van der Waals surface area (Å²) in [5.41, 5.74) is -0.285. The van der Waals surface area contributed by atoms with E-state index in [-0.39, 0.29) is 18.4 Å². The van der Waals surface area contributed by atoms with Gasteiger partial charge in [-0.15, -0.1) is 0 Å². The van der Waals surface area contributed by atoms with Crippen LogP contribution < -0.4 is 0 Å². The molecule has 1 aromatic rings. The molecule has 0 aliphatic carbocycles. The molecule has 0 radical (unpaired) electrons. The fourth-order valence-electron chi connectivity index (χ4n) is 1.16. The Kier molecular flexibility index (Phi) is 3.68. The van der Waals surface area contributed by atoms with E-state index in [1.165, 1.54) is 0 Å². The van der Waals surface area contributed by atoms with Crippen LogP contribution in [0.5, 0.6) is 0 Å². The van der Waals surface area contributed by atoms with Crippen molar-refractivity contribution in [1.29, 1.82) is 0 Å². The molecule has 1 nitrogen and oxygen atoms in total. The van der Waals surface area contributed by atoms with Crippen molar-refractivity contribution in [3.63, 3.8) is 0 Å². The Bertz CT molecular complexity index is 336. The molecule has 0 spiro atoms. The molecule has 14 heavy (non-hydrogen) atoms. The predicted molar refractivity (Wildman–Crippen MR) is 45.3 cm³/mol. The SMILES string of the molecule is O=CCCCc1c(F)ccc(F)c1F. The number of carbonyl (C=O) groups excluding carboxylic acids is 1. The van der Waals surface area contributed by atoms with E-state index in [1.807, 2.05) is 0 Å². The van der Waals surface area contributed by atoms with E-state index in [0.29, 0.717) is 12.7 Å². The van der Waals surface area contributed by atoms with E-state index in [1.54, 1.807) is 0 Å². The van der Waals surface area contributed by atoms with Crippen molar-refractivity contribution in [2.45, 2.75) is 19.3 Å². The minimum absolute atomic E-state index is 0.0359. The van der Waals surface area contributed by atoms with Crippen LogP contribution in [-0.4, -0.2) is 6.29 Å². The third kappa shape index (κ3) is 2.34. The standard InChI is InChI=1S/C10H9F3O/c11-8-4-5-9(12)10(13)7(8)3-1-2-6-14/h4-6H,1-3H2. The summed E-state index contributed by atoms with van der Waals surface area (Å²) in [6, 6.07) is 1.63. The largest absolute Gasteiger partial charge is 0.303 e. The van der Waals surface area contributed by atoms with Gasteiger partial charge in [0.15, 0.2) is 11.6 Å². The second-order valence-electron chi connectivity index (χ2n) is 2.88. The average Bonchev–Trinajstić information content (AvgIpc) is 2.18. The van der Waals surface area contributed by atoms with Gasteiger partial charge in [-0.3, -0.25) is 0 Å². The maximum absolute atomic E-state index is 13.0. The lowest BCUT2D eigenvalue weighted by Gasteiger charge is -2.03. The van der Waals surface area contributed by atoms with Crippen LogP contribution in [0.4, 0.5) is 13.2 Å². The lowest BCUT2D eigenvalue weighted by Crippen LogP contribution is -1.99. The number of rotatable bonds is 4. The molecule has 4 heteroatoms. The first kappa shape index (κ1) is 10.8. The van der Waals surface area contributed by atoms with Gasteiger partial charge in [0.2, 0.25) is 0 Å². The van der Waals surface area contributed by atoms with Crippen molar-refractivity contribution in [1.82, 2.24) is 0 Å². The minimum Gasteiger partial charge on any atom is -0.303 e. The van der Waals surface area contributed by atoms with Gasteiger partial charge in [0.1, 0.15) is 12.1 Å². The van der Waals surface area contributed by atoms with Crippen molar-refractivity contribution >= 4 is 6.29 Å². The first-order valence-electron chi connectivity index (χ1n) is 4.23. The molecule has 0 aromatic heterocycles. The summed E-state index contributed by atoms with van der Waals surface area (Å²) in [6.45, 7) is 0. The maximum Gasteiger partial charge on any atom is 0.164 e. The Morgan fingerprint density at radius 3 is 2.43 bits per heavy atom. The summed E-state index contributed by atoms with van der Waals surface area (Å²) in [5.74, 6) is -2.99. The molecule has 0 saturated heterocycles. The third-order valence-corrected chi connectivity index (χ3v) is 1.89. The van der Waals surface area contributed by atoms with Crippen molar-refractivity contribution in [3.8, 4) is 0 Å². The summed E-state index contributed by atoms with van der Waals surface area (Å²) in [6.07, 6.45) is 1.24. The van der Waals surface area contributed by atoms with Gasteiger partial charge in [0.25, 0.3) is 0 Å². The number of unbranched alkanes of at least 4 members (excludes halogenated alkanes) is 1. The van der Waals surface area contributed by atoms with E-state index >= 15 is 0 Å². The Morgan fingerprint density at radius 2 is 1.79 bits per heavy atom. The van der Waals surface area contributed by atoms with Gasteiger partial charge in [0.05, 0.1) is 0 Å². The van der Waals surface area contributed by atoms with Gasteiger partial charge in [-0.25, -0.2) is 13.2 Å². The molecule has 1 aromatic carbocycles. The lowest BCUT2D eigenvalue weighted by atomic mass is 10.1. The molecule has 1 rings (SSSR count). The summed E-state index contributed by atoms with van der Waals surface area (Å²) in [5, 5.41) is 0. The lowest BCUT2D eigenvalue weighted by molar-refractivity contribution is -0.107. The van der Waals surface area contributed by atoms with Crippen molar-refractivity contribution < 1.29 is 18.0 Å². The predicted octanol–water partition coefficient (Wildman–Crippen LogP) is 2.63. The molecule has 0 unspecified atom stereocenters. The molecule has 0 heterocycles. The van der Waals surface area contributed by atoms with Crippen molar-refractivity contribution in [2.75, 3.05) is 0 Å². The highest BCUT2D eigenvalue weighted by Crippen LogP contribution is 2.17. The number of carbonyl (C=O) groups is 1. The fraction of sp³-hybridized carbons (Fsp3) is 0.300. The molecule has 0 bridgehead atoms. The molecule has 0 aliphatic heterocycles. The normalized spacial score (nSPS) is 10.2. The average molecular weight is 202 g/mol. The molecular formula is C10H9F3O. The Balaban J connectivity index is 2.83. The van der Waals surface area contributed by atoms with Crippen LogP contribution in [0.2, 0.25) is 0 Å². The Labute approximate surface area is 79.5 Å². The number of benzene rings is 1. The maximum atomic E-state index is 13.0. The molecule has 0 fully saturated rings. The minimum atomic E-state index is -1.16. The summed E-state index contributed by atoms with van der Waals surface area (Å²) in [7, 11) is 0. The highest BCUT2D eigenvalue weighted by atomic mass is 19.2. The zero-order valence-electron chi connectivity index (χ0n) is 7.40. The Hall–Kier alpha value is -1.32. The van der Waals surface area contributed by atoms with E-state index < -0.39 is 17.5 Å². The van der Waals surface area contributed by atoms with Gasteiger partial charge in [-0.2, -0.15) is 0 Å². The third-order valence-electron chi connectivity index (χ3n) is 1.89. The molecule has 0 aliphatic rings. The van der Waals surface area contributed by atoms with Crippen LogP contribution in [0.1, 0.15) is 18.4 Å². The smallest absolute Gasteiger partial charge is 0.164 e. The molecule has 0 amide bonds. The van der Waals surface area contributed by atoms with E-state index in [0.717, 1.165) is 12.1 Å². The van der Waals surface area contributed by atoms with Crippen LogP contribution in [0, 0.1) is 17.5 Å². The van der Waals surface area contributed by atoms with Gasteiger partial charge in [-0.05, 0) is 25.0 Å². The summed E-state index contributed by atoms with van der Waals surface area (Å²) < 4.78 is 38.6. The van der Waals surface area contributed by atoms with Crippen LogP contribution in [-0.2, 0) is 11.2 Å². The van der Waals surface area contributed by atoms with Crippen LogP contribution in [0.25, 0.3) is 0 Å². The second kappa shape index (κ2) is 4.79. The van der Waals surface area contributed by atoms with Crippen LogP contribution in [0.3, 0.4) is 0 Å². The topological polar surface area (TPSA) is 17.1 Å². The van der Waals surface area contributed by atoms with E-state index in [4.69, 9.17) is 0 Å². The first-order valence-corrected chi connectivity index (χ1v) is 4.23. The van der Waals surface area contributed by atoms with Gasteiger partial charge < -0.3 is 4.79 Å². The van der Waals surface area contributed by atoms with Crippen LogP contribution in [0.15, 0.2) is 12.1 Å². The summed E-state index contributed by atoms with van der Waals surface area (Å²) in [4.78, 5) is 9.97. The number of aldehydes is 1. The highest BCUT2D eigenvalue weighted by Gasteiger charge is 2.12. The molecule has 0 N–H and O–H groups in total. The zero-order valence-corrected chi connectivity index (χ0v) is 7.40. The molecular weight excluding hydrogens is 193 g/mol. The number of halogens is 3.